The minimum Gasteiger partial charge on any atom is -0.496 e. The first-order valence-corrected chi connectivity index (χ1v) is 9.74. The number of nitrogens with zero attached hydrogens (tertiary/aromatic N) is 1. The number of nitrogens with one attached hydrogen (secondary N) is 1. The predicted octanol–water partition coefficient (Wildman–Crippen LogP) is 3.33. The molecule has 2 aliphatic rings. The molecule has 0 unspecified atom stereocenters. The summed E-state index contributed by atoms with van der Waals surface area (Å²) in [6.07, 6.45) is 1.46. The number of carbonyl (C=O) groups excluding carboxylic acids is 2. The van der Waals surface area contributed by atoms with Crippen LogP contribution in [-0.4, -0.2) is 30.8 Å². The van der Waals surface area contributed by atoms with Crippen molar-refractivity contribution < 1.29 is 23.8 Å². The van der Waals surface area contributed by atoms with E-state index in [1.165, 1.54) is 18.1 Å². The molecular formula is C20H15BrN2O5S. The van der Waals surface area contributed by atoms with Gasteiger partial charge in [-0.05, 0) is 55.0 Å². The highest BCUT2D eigenvalue weighted by Crippen LogP contribution is 2.39. The van der Waals surface area contributed by atoms with Crippen molar-refractivity contribution in [3.63, 3.8) is 0 Å². The van der Waals surface area contributed by atoms with Gasteiger partial charge in [-0.25, -0.2) is 0 Å². The summed E-state index contributed by atoms with van der Waals surface area (Å²) in [7, 11) is 1.49. The first-order valence-electron chi connectivity index (χ1n) is 8.54. The van der Waals surface area contributed by atoms with Crippen molar-refractivity contribution in [1.82, 2.24) is 5.32 Å². The molecule has 1 fully saturated rings. The molecule has 1 saturated heterocycles. The summed E-state index contributed by atoms with van der Waals surface area (Å²) in [5, 5.41) is 2.61. The van der Waals surface area contributed by atoms with E-state index < -0.39 is 11.8 Å². The van der Waals surface area contributed by atoms with Crippen molar-refractivity contribution in [3.8, 4) is 17.2 Å². The van der Waals surface area contributed by atoms with Gasteiger partial charge in [-0.3, -0.25) is 19.8 Å². The fourth-order valence-electron chi connectivity index (χ4n) is 3.13. The van der Waals surface area contributed by atoms with E-state index in [1.807, 2.05) is 13.0 Å². The van der Waals surface area contributed by atoms with Gasteiger partial charge in [0.05, 0.1) is 12.8 Å². The fraction of sp³-hybridized carbons (Fsp3) is 0.150. The number of anilines is 1. The Morgan fingerprint density at radius 3 is 2.62 bits per heavy atom. The van der Waals surface area contributed by atoms with Gasteiger partial charge >= 0.3 is 0 Å². The largest absolute Gasteiger partial charge is 0.496 e. The number of benzene rings is 2. The Kier molecular flexibility index (Phi) is 5.01. The zero-order valence-electron chi connectivity index (χ0n) is 15.4. The predicted molar refractivity (Wildman–Crippen MR) is 114 cm³/mol. The molecule has 148 valence electrons. The average Bonchev–Trinajstić information content (AvgIpc) is 3.13. The van der Waals surface area contributed by atoms with Crippen LogP contribution >= 0.6 is 28.1 Å². The van der Waals surface area contributed by atoms with Crippen molar-refractivity contribution in [2.45, 2.75) is 6.92 Å². The maximum absolute atomic E-state index is 13.2. The van der Waals surface area contributed by atoms with Gasteiger partial charge in [0.1, 0.15) is 11.3 Å². The molecule has 2 heterocycles. The molecule has 4 rings (SSSR count). The van der Waals surface area contributed by atoms with Crippen molar-refractivity contribution in [3.05, 3.63) is 51.5 Å². The molecule has 2 amide bonds. The third-order valence-electron chi connectivity index (χ3n) is 4.53. The number of hydrogen-bond acceptors (Lipinski definition) is 6. The summed E-state index contributed by atoms with van der Waals surface area (Å²) in [6.45, 7) is 1.96. The SMILES string of the molecule is COc1cc2c(cc1/C=C1/C(=O)NC(=S)N(c3ccc(Br)cc3C)C1=O)OCO2. The van der Waals surface area contributed by atoms with Gasteiger partial charge in [0.25, 0.3) is 11.8 Å². The van der Waals surface area contributed by atoms with Crippen LogP contribution in [0.2, 0.25) is 0 Å². The molecule has 0 atom stereocenters. The average molecular weight is 475 g/mol. The number of ether oxygens (including phenoxy) is 3. The van der Waals surface area contributed by atoms with Gasteiger partial charge < -0.3 is 14.2 Å². The minimum atomic E-state index is -0.578. The zero-order chi connectivity index (χ0) is 20.7. The van der Waals surface area contributed by atoms with Gasteiger partial charge in [-0.2, -0.15) is 0 Å². The molecule has 0 saturated carbocycles. The number of rotatable bonds is 3. The Morgan fingerprint density at radius 2 is 1.93 bits per heavy atom. The van der Waals surface area contributed by atoms with Crippen molar-refractivity contribution >= 4 is 56.8 Å². The summed E-state index contributed by atoms with van der Waals surface area (Å²) in [6, 6.07) is 8.75. The highest BCUT2D eigenvalue weighted by Gasteiger charge is 2.35. The lowest BCUT2D eigenvalue weighted by Crippen LogP contribution is -2.54. The number of aryl methyl sites for hydroxylation is 1. The van der Waals surface area contributed by atoms with E-state index in [4.69, 9.17) is 26.4 Å². The number of methoxy groups -OCH3 is 1. The molecule has 9 heteroatoms. The van der Waals surface area contributed by atoms with E-state index in [1.54, 1.807) is 24.3 Å². The summed E-state index contributed by atoms with van der Waals surface area (Å²) in [5.74, 6) is 0.394. The summed E-state index contributed by atoms with van der Waals surface area (Å²) >= 11 is 8.66. The third kappa shape index (κ3) is 3.47. The second-order valence-electron chi connectivity index (χ2n) is 6.34. The standard InChI is InChI=1S/C20H15BrN2O5S/c1-10-5-12(21)3-4-14(10)23-19(25)13(18(24)22-20(23)29)6-11-7-16-17(28-9-27-16)8-15(11)26-2/h3-8H,9H2,1-2H3,(H,22,24,29)/b13-6-. The number of hydrogen-bond donors (Lipinski definition) is 1. The quantitative estimate of drug-likeness (QED) is 0.417. The van der Waals surface area contributed by atoms with Crippen LogP contribution in [0.1, 0.15) is 11.1 Å². The van der Waals surface area contributed by atoms with Gasteiger partial charge in [0.2, 0.25) is 6.79 Å². The topological polar surface area (TPSA) is 77.1 Å². The van der Waals surface area contributed by atoms with Crippen LogP contribution in [0.4, 0.5) is 5.69 Å². The summed E-state index contributed by atoms with van der Waals surface area (Å²) < 4.78 is 17.0. The highest BCUT2D eigenvalue weighted by molar-refractivity contribution is 9.10. The smallest absolute Gasteiger partial charge is 0.270 e. The second kappa shape index (κ2) is 7.49. The lowest BCUT2D eigenvalue weighted by atomic mass is 10.0. The van der Waals surface area contributed by atoms with E-state index in [9.17, 15) is 9.59 Å². The Balaban J connectivity index is 1.78. The number of thiocarbonyl (C=S) groups is 1. The lowest BCUT2D eigenvalue weighted by molar-refractivity contribution is -0.122. The molecule has 0 spiro atoms. The van der Waals surface area contributed by atoms with Crippen LogP contribution < -0.4 is 24.4 Å². The summed E-state index contributed by atoms with van der Waals surface area (Å²) in [5.41, 5.74) is 1.85. The first kappa shape index (κ1) is 19.4. The lowest BCUT2D eigenvalue weighted by Gasteiger charge is -2.30. The fourth-order valence-corrected chi connectivity index (χ4v) is 3.88. The van der Waals surface area contributed by atoms with E-state index >= 15 is 0 Å². The summed E-state index contributed by atoms with van der Waals surface area (Å²) in [4.78, 5) is 27.1. The molecule has 29 heavy (non-hydrogen) atoms. The monoisotopic (exact) mass is 474 g/mol. The number of amides is 2. The van der Waals surface area contributed by atoms with Gasteiger partial charge in [0, 0.05) is 16.1 Å². The highest BCUT2D eigenvalue weighted by atomic mass is 79.9. The zero-order valence-corrected chi connectivity index (χ0v) is 17.8. The molecule has 7 nitrogen and oxygen atoms in total. The van der Waals surface area contributed by atoms with Crippen LogP contribution in [0.3, 0.4) is 0 Å². The van der Waals surface area contributed by atoms with Gasteiger partial charge in [0.15, 0.2) is 16.6 Å². The van der Waals surface area contributed by atoms with E-state index in [-0.39, 0.29) is 17.5 Å². The molecule has 0 bridgehead atoms. The number of halogens is 1. The van der Waals surface area contributed by atoms with Crippen LogP contribution in [0.25, 0.3) is 6.08 Å². The van der Waals surface area contributed by atoms with Gasteiger partial charge in [-0.15, -0.1) is 0 Å². The Hall–Kier alpha value is -2.91. The number of carbonyl (C=O) groups is 2. The first-order chi connectivity index (χ1) is 13.9. The van der Waals surface area contributed by atoms with Crippen molar-refractivity contribution in [2.24, 2.45) is 0 Å². The molecule has 0 aliphatic carbocycles. The van der Waals surface area contributed by atoms with Crippen molar-refractivity contribution in [2.75, 3.05) is 18.8 Å². The molecule has 0 aromatic heterocycles. The van der Waals surface area contributed by atoms with E-state index in [0.717, 1.165) is 10.0 Å². The molecule has 2 aromatic rings. The van der Waals surface area contributed by atoms with E-state index in [2.05, 4.69) is 21.2 Å². The maximum atomic E-state index is 13.2. The van der Waals surface area contributed by atoms with Gasteiger partial charge in [-0.1, -0.05) is 15.9 Å². The molecule has 0 radical (unpaired) electrons. The third-order valence-corrected chi connectivity index (χ3v) is 5.30. The van der Waals surface area contributed by atoms with E-state index in [0.29, 0.717) is 28.5 Å². The molecule has 1 N–H and O–H groups in total. The Morgan fingerprint density at radius 1 is 1.21 bits per heavy atom. The van der Waals surface area contributed by atoms with Crippen LogP contribution in [0.15, 0.2) is 40.4 Å². The second-order valence-corrected chi connectivity index (χ2v) is 7.64. The van der Waals surface area contributed by atoms with Crippen molar-refractivity contribution in [1.29, 1.82) is 0 Å². The van der Waals surface area contributed by atoms with Crippen LogP contribution in [-0.2, 0) is 9.59 Å². The normalized spacial score (nSPS) is 17.0. The molecule has 2 aliphatic heterocycles. The van der Waals surface area contributed by atoms with Crippen LogP contribution in [0, 0.1) is 6.92 Å². The molecule has 2 aromatic carbocycles. The maximum Gasteiger partial charge on any atom is 0.270 e. The Labute approximate surface area is 180 Å². The number of fused-ring (bicyclic) bond motifs is 1. The Bertz CT molecular complexity index is 1100. The van der Waals surface area contributed by atoms with Crippen LogP contribution in [0.5, 0.6) is 17.2 Å². The molecular weight excluding hydrogens is 460 g/mol. The minimum absolute atomic E-state index is 0.0280.